The number of nitrogens with zero attached hydrogens (tertiary/aromatic N) is 3. The first kappa shape index (κ1) is 15.8. The summed E-state index contributed by atoms with van der Waals surface area (Å²) in [6.45, 7) is 6.59. The number of ether oxygens (including phenoxy) is 1. The van der Waals surface area contributed by atoms with Gasteiger partial charge in [-0.3, -0.25) is 0 Å². The molecule has 0 radical (unpaired) electrons. The van der Waals surface area contributed by atoms with Crippen LogP contribution in [0.1, 0.15) is 20.3 Å². The number of nitriles is 1. The maximum atomic E-state index is 11.9. The molecule has 0 spiro atoms. The molecule has 1 fully saturated rings. The summed E-state index contributed by atoms with van der Waals surface area (Å²) >= 11 is 0. The number of piperidine rings is 1. The monoisotopic (exact) mass is 267 g/mol. The zero-order chi connectivity index (χ0) is 14.4. The largest absolute Gasteiger partial charge is 0.448 e. The minimum Gasteiger partial charge on any atom is -0.448 e. The van der Waals surface area contributed by atoms with Gasteiger partial charge in [0.2, 0.25) is 0 Å². The van der Waals surface area contributed by atoms with Gasteiger partial charge in [-0.15, -0.1) is 0 Å². The van der Waals surface area contributed by atoms with E-state index in [1.54, 1.807) is 4.90 Å². The molecule has 0 aromatic rings. The van der Waals surface area contributed by atoms with Crippen LogP contribution in [0, 0.1) is 29.1 Å². The highest BCUT2D eigenvalue weighted by Gasteiger charge is 2.33. The second kappa shape index (κ2) is 7.34. The van der Waals surface area contributed by atoms with Crippen LogP contribution in [-0.2, 0) is 4.74 Å². The fraction of sp³-hybridized carbons (Fsp3) is 0.857. The Hall–Kier alpha value is -1.28. The third-order valence-electron chi connectivity index (χ3n) is 3.71. The van der Waals surface area contributed by atoms with Gasteiger partial charge in [0.1, 0.15) is 6.61 Å². The number of hydrogen-bond acceptors (Lipinski definition) is 4. The molecule has 2 atom stereocenters. The van der Waals surface area contributed by atoms with E-state index < -0.39 is 0 Å². The van der Waals surface area contributed by atoms with Crippen molar-refractivity contribution in [2.45, 2.75) is 20.3 Å². The molecule has 1 heterocycles. The minimum atomic E-state index is -0.288. The van der Waals surface area contributed by atoms with Crippen LogP contribution in [-0.4, -0.2) is 56.2 Å². The quantitative estimate of drug-likeness (QED) is 0.779. The smallest absolute Gasteiger partial charge is 0.409 e. The SMILES string of the molecule is CC(C)C1CCN(C(=O)OCCN(C)C)CC1C#N. The maximum Gasteiger partial charge on any atom is 0.409 e. The fourth-order valence-corrected chi connectivity index (χ4v) is 2.48. The van der Waals surface area contributed by atoms with E-state index in [1.165, 1.54) is 0 Å². The lowest BCUT2D eigenvalue weighted by Crippen LogP contribution is -2.45. The van der Waals surface area contributed by atoms with Crippen LogP contribution in [0.5, 0.6) is 0 Å². The lowest BCUT2D eigenvalue weighted by Gasteiger charge is -2.36. The van der Waals surface area contributed by atoms with E-state index >= 15 is 0 Å². The van der Waals surface area contributed by atoms with Crippen LogP contribution in [0.15, 0.2) is 0 Å². The predicted molar refractivity (Wildman–Crippen MR) is 73.5 cm³/mol. The molecule has 1 aliphatic rings. The normalized spacial score (nSPS) is 23.5. The first-order valence-corrected chi connectivity index (χ1v) is 6.91. The van der Waals surface area contributed by atoms with Crippen LogP contribution in [0.4, 0.5) is 4.79 Å². The average molecular weight is 267 g/mol. The van der Waals surface area contributed by atoms with Gasteiger partial charge < -0.3 is 14.5 Å². The molecule has 1 rings (SSSR count). The summed E-state index contributed by atoms with van der Waals surface area (Å²) in [7, 11) is 3.88. The van der Waals surface area contributed by atoms with Crippen molar-refractivity contribution >= 4 is 6.09 Å². The van der Waals surface area contributed by atoms with Crippen LogP contribution in [0.3, 0.4) is 0 Å². The Morgan fingerprint density at radius 1 is 1.53 bits per heavy atom. The van der Waals surface area contributed by atoms with E-state index in [9.17, 15) is 10.1 Å². The first-order chi connectivity index (χ1) is 8.95. The van der Waals surface area contributed by atoms with Crippen LogP contribution < -0.4 is 0 Å². The third-order valence-corrected chi connectivity index (χ3v) is 3.71. The number of rotatable bonds is 4. The Kier molecular flexibility index (Phi) is 6.10. The number of amides is 1. The van der Waals surface area contributed by atoms with Gasteiger partial charge in [0.25, 0.3) is 0 Å². The molecule has 0 aliphatic carbocycles. The number of likely N-dealkylation sites (tertiary alicyclic amines) is 1. The summed E-state index contributed by atoms with van der Waals surface area (Å²) in [5, 5.41) is 9.22. The summed E-state index contributed by atoms with van der Waals surface area (Å²) in [4.78, 5) is 15.5. The van der Waals surface area contributed by atoms with Crippen molar-refractivity contribution < 1.29 is 9.53 Å². The van der Waals surface area contributed by atoms with Crippen LogP contribution in [0.25, 0.3) is 0 Å². The number of carbonyl (C=O) groups is 1. The number of hydrogen-bond donors (Lipinski definition) is 0. The molecule has 2 unspecified atom stereocenters. The summed E-state index contributed by atoms with van der Waals surface area (Å²) < 4.78 is 5.22. The summed E-state index contributed by atoms with van der Waals surface area (Å²) in [5.41, 5.74) is 0. The van der Waals surface area contributed by atoms with Crippen molar-refractivity contribution in [3.63, 3.8) is 0 Å². The zero-order valence-electron chi connectivity index (χ0n) is 12.4. The lowest BCUT2D eigenvalue weighted by molar-refractivity contribution is 0.0668. The molecule has 0 aromatic carbocycles. The molecule has 5 nitrogen and oxygen atoms in total. The van der Waals surface area contributed by atoms with E-state index in [-0.39, 0.29) is 12.0 Å². The van der Waals surface area contributed by atoms with Crippen molar-refractivity contribution in [1.29, 1.82) is 5.26 Å². The molecular weight excluding hydrogens is 242 g/mol. The molecule has 0 saturated carbocycles. The van der Waals surface area contributed by atoms with Crippen molar-refractivity contribution in [2.75, 3.05) is 40.3 Å². The molecule has 0 aromatic heterocycles. The highest BCUT2D eigenvalue weighted by Crippen LogP contribution is 2.29. The van der Waals surface area contributed by atoms with Crippen molar-refractivity contribution in [1.82, 2.24) is 9.80 Å². The fourth-order valence-electron chi connectivity index (χ4n) is 2.48. The Balaban J connectivity index is 2.45. The van der Waals surface area contributed by atoms with Gasteiger partial charge in [-0.25, -0.2) is 4.79 Å². The van der Waals surface area contributed by atoms with E-state index in [0.717, 1.165) is 13.0 Å². The number of carbonyl (C=O) groups excluding carboxylic acids is 1. The van der Waals surface area contributed by atoms with Gasteiger partial charge in [-0.05, 0) is 32.4 Å². The molecule has 19 heavy (non-hydrogen) atoms. The zero-order valence-corrected chi connectivity index (χ0v) is 12.4. The third kappa shape index (κ3) is 4.71. The molecule has 5 heteroatoms. The Morgan fingerprint density at radius 2 is 2.21 bits per heavy atom. The standard InChI is InChI=1S/C14H25N3O2/c1-11(2)13-5-6-17(10-12(13)9-15)14(18)19-8-7-16(3)4/h11-13H,5-8,10H2,1-4H3. The van der Waals surface area contributed by atoms with Crippen LogP contribution in [0.2, 0.25) is 0 Å². The molecule has 108 valence electrons. The van der Waals surface area contributed by atoms with Gasteiger partial charge in [0.05, 0.1) is 12.0 Å². The highest BCUT2D eigenvalue weighted by atomic mass is 16.6. The summed E-state index contributed by atoms with van der Waals surface area (Å²) in [6, 6.07) is 2.34. The molecule has 1 amide bonds. The second-order valence-electron chi connectivity index (χ2n) is 5.80. The van der Waals surface area contributed by atoms with Crippen molar-refractivity contribution in [2.24, 2.45) is 17.8 Å². The predicted octanol–water partition coefficient (Wildman–Crippen LogP) is 1.80. The van der Waals surface area contributed by atoms with Crippen molar-refractivity contribution in [3.8, 4) is 6.07 Å². The first-order valence-electron chi connectivity index (χ1n) is 6.91. The van der Waals surface area contributed by atoms with Gasteiger partial charge in [-0.2, -0.15) is 5.26 Å². The van der Waals surface area contributed by atoms with Gasteiger partial charge >= 0.3 is 6.09 Å². The Bertz CT molecular complexity index is 336. The molecule has 0 bridgehead atoms. The minimum absolute atomic E-state index is 0.0739. The van der Waals surface area contributed by atoms with Crippen molar-refractivity contribution in [3.05, 3.63) is 0 Å². The molecule has 0 N–H and O–H groups in total. The topological polar surface area (TPSA) is 56.6 Å². The molecule has 1 aliphatic heterocycles. The van der Waals surface area contributed by atoms with E-state index in [2.05, 4.69) is 19.9 Å². The lowest BCUT2D eigenvalue weighted by atomic mass is 9.79. The van der Waals surface area contributed by atoms with E-state index in [1.807, 2.05) is 19.0 Å². The van der Waals surface area contributed by atoms with Gasteiger partial charge in [-0.1, -0.05) is 13.8 Å². The molecule has 1 saturated heterocycles. The van der Waals surface area contributed by atoms with Crippen LogP contribution >= 0.6 is 0 Å². The number of likely N-dealkylation sites (N-methyl/N-ethyl adjacent to an activating group) is 1. The molecular formula is C14H25N3O2. The highest BCUT2D eigenvalue weighted by molar-refractivity contribution is 5.67. The van der Waals surface area contributed by atoms with Gasteiger partial charge in [0, 0.05) is 19.6 Å². The Labute approximate surface area is 116 Å². The average Bonchev–Trinajstić information content (AvgIpc) is 2.37. The van der Waals surface area contributed by atoms with E-state index in [4.69, 9.17) is 4.74 Å². The van der Waals surface area contributed by atoms with Gasteiger partial charge in [0.15, 0.2) is 0 Å². The summed E-state index contributed by atoms with van der Waals surface area (Å²) in [5.74, 6) is 0.794. The summed E-state index contributed by atoms with van der Waals surface area (Å²) in [6.07, 6.45) is 0.600. The Morgan fingerprint density at radius 3 is 2.74 bits per heavy atom. The second-order valence-corrected chi connectivity index (χ2v) is 5.80. The maximum absolute atomic E-state index is 11.9. The van der Waals surface area contributed by atoms with E-state index in [0.29, 0.717) is 31.5 Å².